The molecule has 0 bridgehead atoms. The predicted octanol–water partition coefficient (Wildman–Crippen LogP) is 2.61. The molecule has 3 aromatic rings. The summed E-state index contributed by atoms with van der Waals surface area (Å²) in [5.41, 5.74) is 0.643. The zero-order chi connectivity index (χ0) is 20.9. The molecule has 0 spiro atoms. The lowest BCUT2D eigenvalue weighted by Gasteiger charge is -2.26. The van der Waals surface area contributed by atoms with Crippen molar-refractivity contribution < 1.29 is 14.3 Å². The number of hydrogen-bond acceptors (Lipinski definition) is 5. The molecule has 1 aliphatic heterocycles. The molecule has 7 heteroatoms. The van der Waals surface area contributed by atoms with E-state index in [0.29, 0.717) is 23.9 Å². The summed E-state index contributed by atoms with van der Waals surface area (Å²) in [6, 6.07) is 16.2. The highest BCUT2D eigenvalue weighted by Crippen LogP contribution is 2.15. The fourth-order valence-electron chi connectivity index (χ4n) is 3.68. The van der Waals surface area contributed by atoms with E-state index in [1.807, 2.05) is 30.3 Å². The molecule has 1 aliphatic rings. The number of likely N-dealkylation sites (tertiary alicyclic amines) is 1. The maximum absolute atomic E-state index is 12.9. The molecular weight excluding hydrogens is 382 g/mol. The Balaban J connectivity index is 1.60. The van der Waals surface area contributed by atoms with Crippen LogP contribution in [0, 0.1) is 0 Å². The largest absolute Gasteiger partial charge is 0.451 e. The number of piperidine rings is 1. The van der Waals surface area contributed by atoms with Gasteiger partial charge in [0.05, 0.1) is 11.9 Å². The molecule has 2 heterocycles. The highest BCUT2D eigenvalue weighted by Gasteiger charge is 2.22. The van der Waals surface area contributed by atoms with Gasteiger partial charge >= 0.3 is 5.97 Å². The fraction of sp³-hybridized carbons (Fsp3) is 0.304. The van der Waals surface area contributed by atoms with Crippen LogP contribution in [0.3, 0.4) is 0 Å². The Kier molecular flexibility index (Phi) is 5.88. The third kappa shape index (κ3) is 4.25. The summed E-state index contributed by atoms with van der Waals surface area (Å²) in [7, 11) is 0. The van der Waals surface area contributed by atoms with E-state index < -0.39 is 5.97 Å². The first-order valence-corrected chi connectivity index (χ1v) is 10.1. The Bertz CT molecular complexity index is 1120. The number of carbonyl (C=O) groups excluding carboxylic acids is 2. The standard InChI is InChI=1S/C23H23N3O4/c27-20(25-13-7-2-8-14-25)16-30-23(29)21-18-11-5-6-12-19(18)22(28)26(24-21)15-17-9-3-1-4-10-17/h1,3-6,9-12H,2,7-8,13-16H2. The molecule has 0 aliphatic carbocycles. The average molecular weight is 405 g/mol. The van der Waals surface area contributed by atoms with Crippen LogP contribution in [-0.2, 0) is 16.1 Å². The summed E-state index contributed by atoms with van der Waals surface area (Å²) in [6.07, 6.45) is 3.05. The number of amides is 1. The van der Waals surface area contributed by atoms with Gasteiger partial charge in [-0.05, 0) is 30.9 Å². The van der Waals surface area contributed by atoms with Crippen molar-refractivity contribution in [3.8, 4) is 0 Å². The van der Waals surface area contributed by atoms with Gasteiger partial charge in [0, 0.05) is 18.5 Å². The van der Waals surface area contributed by atoms with Gasteiger partial charge in [0.2, 0.25) is 0 Å². The average Bonchev–Trinajstić information content (AvgIpc) is 2.80. The van der Waals surface area contributed by atoms with Crippen LogP contribution in [-0.4, -0.2) is 46.3 Å². The van der Waals surface area contributed by atoms with Crippen LogP contribution in [0.1, 0.15) is 35.3 Å². The van der Waals surface area contributed by atoms with E-state index in [1.165, 1.54) is 4.68 Å². The first-order chi connectivity index (χ1) is 14.6. The van der Waals surface area contributed by atoms with E-state index in [-0.39, 0.29) is 30.3 Å². The van der Waals surface area contributed by atoms with Crippen LogP contribution >= 0.6 is 0 Å². The highest BCUT2D eigenvalue weighted by atomic mass is 16.5. The van der Waals surface area contributed by atoms with Crippen LogP contribution in [0.5, 0.6) is 0 Å². The summed E-state index contributed by atoms with van der Waals surface area (Å²) in [5, 5.41) is 5.10. The maximum atomic E-state index is 12.9. The predicted molar refractivity (Wildman–Crippen MR) is 112 cm³/mol. The Morgan fingerprint density at radius 2 is 1.57 bits per heavy atom. The molecule has 2 aromatic carbocycles. The number of nitrogens with zero attached hydrogens (tertiary/aromatic N) is 3. The molecular formula is C23H23N3O4. The van der Waals surface area contributed by atoms with Crippen LogP contribution in [0.4, 0.5) is 0 Å². The van der Waals surface area contributed by atoms with Gasteiger partial charge in [0.15, 0.2) is 12.3 Å². The Hall–Kier alpha value is -3.48. The second-order valence-electron chi connectivity index (χ2n) is 7.36. The SMILES string of the molecule is O=C(OCC(=O)N1CCCCC1)c1nn(Cc2ccccc2)c(=O)c2ccccc12. The van der Waals surface area contributed by atoms with Gasteiger partial charge in [0.1, 0.15) is 0 Å². The molecule has 0 N–H and O–H groups in total. The lowest BCUT2D eigenvalue weighted by atomic mass is 10.1. The lowest BCUT2D eigenvalue weighted by Crippen LogP contribution is -2.38. The summed E-state index contributed by atoms with van der Waals surface area (Å²) in [4.78, 5) is 39.7. The first-order valence-electron chi connectivity index (χ1n) is 10.1. The Labute approximate surface area is 173 Å². The fourth-order valence-corrected chi connectivity index (χ4v) is 3.68. The molecule has 0 unspecified atom stereocenters. The quantitative estimate of drug-likeness (QED) is 0.610. The molecule has 154 valence electrons. The Morgan fingerprint density at radius 1 is 0.900 bits per heavy atom. The van der Waals surface area contributed by atoms with E-state index in [9.17, 15) is 14.4 Å². The first kappa shape index (κ1) is 19.8. The number of ether oxygens (including phenoxy) is 1. The van der Waals surface area contributed by atoms with Gasteiger partial charge in [-0.1, -0.05) is 48.5 Å². The second-order valence-corrected chi connectivity index (χ2v) is 7.36. The van der Waals surface area contributed by atoms with Crippen molar-refractivity contribution >= 4 is 22.6 Å². The van der Waals surface area contributed by atoms with Gasteiger partial charge in [-0.15, -0.1) is 0 Å². The summed E-state index contributed by atoms with van der Waals surface area (Å²) >= 11 is 0. The minimum Gasteiger partial charge on any atom is -0.451 e. The van der Waals surface area contributed by atoms with Crippen molar-refractivity contribution in [1.29, 1.82) is 0 Å². The van der Waals surface area contributed by atoms with Crippen molar-refractivity contribution in [3.63, 3.8) is 0 Å². The second kappa shape index (κ2) is 8.90. The number of rotatable bonds is 5. The topological polar surface area (TPSA) is 81.5 Å². The molecule has 1 amide bonds. The Morgan fingerprint density at radius 3 is 2.30 bits per heavy atom. The monoisotopic (exact) mass is 405 g/mol. The van der Waals surface area contributed by atoms with E-state index in [1.54, 1.807) is 29.2 Å². The molecule has 1 aromatic heterocycles. The van der Waals surface area contributed by atoms with Crippen molar-refractivity contribution in [2.75, 3.05) is 19.7 Å². The van der Waals surface area contributed by atoms with Crippen molar-refractivity contribution in [1.82, 2.24) is 14.7 Å². The van der Waals surface area contributed by atoms with Gasteiger partial charge in [-0.2, -0.15) is 5.10 Å². The number of aromatic nitrogens is 2. The summed E-state index contributed by atoms with van der Waals surface area (Å²) in [6.45, 7) is 1.29. The van der Waals surface area contributed by atoms with E-state index in [0.717, 1.165) is 24.8 Å². The van der Waals surface area contributed by atoms with Gasteiger partial charge < -0.3 is 9.64 Å². The number of fused-ring (bicyclic) bond motifs is 1. The van der Waals surface area contributed by atoms with Crippen LogP contribution in [0.2, 0.25) is 0 Å². The van der Waals surface area contributed by atoms with Crippen molar-refractivity contribution in [2.24, 2.45) is 0 Å². The molecule has 0 saturated carbocycles. The molecule has 1 saturated heterocycles. The van der Waals surface area contributed by atoms with Gasteiger partial charge in [-0.25, -0.2) is 9.48 Å². The normalized spacial score (nSPS) is 13.9. The summed E-state index contributed by atoms with van der Waals surface area (Å²) < 4.78 is 6.55. The van der Waals surface area contributed by atoms with Crippen molar-refractivity contribution in [3.05, 3.63) is 76.2 Å². The van der Waals surface area contributed by atoms with Crippen LogP contribution < -0.4 is 5.56 Å². The number of esters is 1. The van der Waals surface area contributed by atoms with E-state index >= 15 is 0 Å². The van der Waals surface area contributed by atoms with E-state index in [4.69, 9.17) is 4.74 Å². The minimum absolute atomic E-state index is 0.0348. The highest BCUT2D eigenvalue weighted by molar-refractivity contribution is 6.02. The molecule has 0 atom stereocenters. The molecule has 1 fully saturated rings. The van der Waals surface area contributed by atoms with Crippen molar-refractivity contribution in [2.45, 2.75) is 25.8 Å². The molecule has 30 heavy (non-hydrogen) atoms. The molecule has 7 nitrogen and oxygen atoms in total. The number of benzene rings is 2. The van der Waals surface area contributed by atoms with E-state index in [2.05, 4.69) is 5.10 Å². The maximum Gasteiger partial charge on any atom is 0.359 e. The van der Waals surface area contributed by atoms with Gasteiger partial charge in [-0.3, -0.25) is 9.59 Å². The number of hydrogen-bond donors (Lipinski definition) is 0. The zero-order valence-electron chi connectivity index (χ0n) is 16.6. The molecule has 0 radical (unpaired) electrons. The number of carbonyl (C=O) groups is 2. The zero-order valence-corrected chi connectivity index (χ0v) is 16.6. The smallest absolute Gasteiger partial charge is 0.359 e. The third-order valence-electron chi connectivity index (χ3n) is 5.27. The minimum atomic E-state index is -0.710. The summed E-state index contributed by atoms with van der Waals surface area (Å²) in [5.74, 6) is -0.914. The van der Waals surface area contributed by atoms with Gasteiger partial charge in [0.25, 0.3) is 11.5 Å². The lowest BCUT2D eigenvalue weighted by molar-refractivity contribution is -0.135. The third-order valence-corrected chi connectivity index (χ3v) is 5.27. The van der Waals surface area contributed by atoms with Crippen LogP contribution in [0.25, 0.3) is 10.8 Å². The van der Waals surface area contributed by atoms with Crippen LogP contribution in [0.15, 0.2) is 59.4 Å². The molecule has 4 rings (SSSR count).